The molecule has 22 heavy (non-hydrogen) atoms. The van der Waals surface area contributed by atoms with Gasteiger partial charge < -0.3 is 9.73 Å². The van der Waals surface area contributed by atoms with Crippen molar-refractivity contribution in [1.29, 1.82) is 0 Å². The first-order chi connectivity index (χ1) is 10.5. The zero-order chi connectivity index (χ0) is 15.7. The molecule has 0 fully saturated rings. The van der Waals surface area contributed by atoms with Gasteiger partial charge in [-0.2, -0.15) is 0 Å². The summed E-state index contributed by atoms with van der Waals surface area (Å²) in [5.41, 5.74) is 2.29. The molecule has 5 nitrogen and oxygen atoms in total. The number of carbonyl (C=O) groups is 1. The molecule has 0 saturated heterocycles. The van der Waals surface area contributed by atoms with Crippen molar-refractivity contribution in [2.45, 2.75) is 20.4 Å². The number of aryl methyl sites for hydroxylation is 2. The Morgan fingerprint density at radius 1 is 1.32 bits per heavy atom. The molecule has 0 radical (unpaired) electrons. The van der Waals surface area contributed by atoms with E-state index in [4.69, 9.17) is 4.42 Å². The van der Waals surface area contributed by atoms with E-state index in [1.165, 1.54) is 0 Å². The molecule has 1 aromatic carbocycles. The van der Waals surface area contributed by atoms with Crippen LogP contribution in [-0.4, -0.2) is 15.9 Å². The SMILES string of the molecule is Cc1nccc(CNC(=O)c2oc3ccc(Br)cc3c2C)n1. The Labute approximate surface area is 135 Å². The van der Waals surface area contributed by atoms with Crippen LogP contribution in [0.15, 0.2) is 39.4 Å². The van der Waals surface area contributed by atoms with Crippen molar-refractivity contribution in [3.8, 4) is 0 Å². The summed E-state index contributed by atoms with van der Waals surface area (Å²) in [5.74, 6) is 0.761. The first kappa shape index (κ1) is 14.7. The van der Waals surface area contributed by atoms with Crippen molar-refractivity contribution in [3.63, 3.8) is 0 Å². The third-order valence-corrected chi connectivity index (χ3v) is 3.86. The average Bonchev–Trinajstić information content (AvgIpc) is 2.82. The maximum Gasteiger partial charge on any atom is 0.287 e. The molecule has 0 bridgehead atoms. The minimum Gasteiger partial charge on any atom is -0.451 e. The lowest BCUT2D eigenvalue weighted by molar-refractivity contribution is 0.0924. The highest BCUT2D eigenvalue weighted by Gasteiger charge is 2.17. The number of nitrogens with zero attached hydrogens (tertiary/aromatic N) is 2. The molecule has 0 spiro atoms. The number of rotatable bonds is 3. The van der Waals surface area contributed by atoms with E-state index in [2.05, 4.69) is 31.2 Å². The van der Waals surface area contributed by atoms with E-state index in [1.807, 2.05) is 32.0 Å². The normalized spacial score (nSPS) is 10.9. The quantitative estimate of drug-likeness (QED) is 0.776. The number of furan rings is 1. The van der Waals surface area contributed by atoms with Crippen LogP contribution >= 0.6 is 15.9 Å². The summed E-state index contributed by atoms with van der Waals surface area (Å²) in [7, 11) is 0. The Morgan fingerprint density at radius 2 is 2.14 bits per heavy atom. The molecule has 1 N–H and O–H groups in total. The van der Waals surface area contributed by atoms with Crippen LogP contribution in [0.25, 0.3) is 11.0 Å². The second-order valence-corrected chi connectivity index (χ2v) is 5.89. The van der Waals surface area contributed by atoms with Crippen LogP contribution in [0.1, 0.15) is 27.6 Å². The highest BCUT2D eigenvalue weighted by Crippen LogP contribution is 2.27. The zero-order valence-electron chi connectivity index (χ0n) is 12.2. The number of hydrogen-bond acceptors (Lipinski definition) is 4. The Hall–Kier alpha value is -2.21. The lowest BCUT2D eigenvalue weighted by Crippen LogP contribution is -2.23. The van der Waals surface area contributed by atoms with E-state index < -0.39 is 0 Å². The highest BCUT2D eigenvalue weighted by atomic mass is 79.9. The minimum atomic E-state index is -0.249. The summed E-state index contributed by atoms with van der Waals surface area (Å²) >= 11 is 3.42. The van der Waals surface area contributed by atoms with Crippen LogP contribution in [0, 0.1) is 13.8 Å². The summed E-state index contributed by atoms with van der Waals surface area (Å²) in [5, 5.41) is 3.75. The number of aromatic nitrogens is 2. The number of halogens is 1. The van der Waals surface area contributed by atoms with E-state index >= 15 is 0 Å². The molecule has 0 aliphatic rings. The zero-order valence-corrected chi connectivity index (χ0v) is 13.8. The molecule has 3 rings (SSSR count). The largest absolute Gasteiger partial charge is 0.451 e. The summed E-state index contributed by atoms with van der Waals surface area (Å²) < 4.78 is 6.61. The Morgan fingerprint density at radius 3 is 2.91 bits per heavy atom. The predicted octanol–water partition coefficient (Wildman–Crippen LogP) is 3.53. The van der Waals surface area contributed by atoms with Crippen LogP contribution in [0.2, 0.25) is 0 Å². The van der Waals surface area contributed by atoms with E-state index in [-0.39, 0.29) is 5.91 Å². The van der Waals surface area contributed by atoms with Crippen LogP contribution in [0.4, 0.5) is 0 Å². The van der Waals surface area contributed by atoms with Gasteiger partial charge in [0.05, 0.1) is 12.2 Å². The number of hydrogen-bond donors (Lipinski definition) is 1. The predicted molar refractivity (Wildman–Crippen MR) is 86.6 cm³/mol. The number of nitrogens with one attached hydrogen (secondary N) is 1. The third kappa shape index (κ3) is 2.87. The molecule has 0 atom stereocenters. The molecule has 6 heteroatoms. The van der Waals surface area contributed by atoms with Crippen LogP contribution in [0.3, 0.4) is 0 Å². The maximum absolute atomic E-state index is 12.3. The van der Waals surface area contributed by atoms with Crippen LogP contribution < -0.4 is 5.32 Å². The molecule has 2 aromatic heterocycles. The van der Waals surface area contributed by atoms with Crippen molar-refractivity contribution in [1.82, 2.24) is 15.3 Å². The molecule has 0 aliphatic heterocycles. The third-order valence-electron chi connectivity index (χ3n) is 3.37. The van der Waals surface area contributed by atoms with Gasteiger partial charge in [-0.05, 0) is 38.1 Å². The van der Waals surface area contributed by atoms with Gasteiger partial charge in [0.25, 0.3) is 5.91 Å². The Balaban J connectivity index is 1.82. The lowest BCUT2D eigenvalue weighted by atomic mass is 10.1. The van der Waals surface area contributed by atoms with Gasteiger partial charge in [0.2, 0.25) is 0 Å². The molecule has 0 saturated carbocycles. The molecule has 1 amide bonds. The minimum absolute atomic E-state index is 0.249. The van der Waals surface area contributed by atoms with Crippen molar-refractivity contribution >= 4 is 32.8 Å². The monoisotopic (exact) mass is 359 g/mol. The Kier molecular flexibility index (Phi) is 3.94. The van der Waals surface area contributed by atoms with Crippen LogP contribution in [-0.2, 0) is 6.54 Å². The first-order valence-electron chi connectivity index (χ1n) is 6.80. The molecule has 0 unspecified atom stereocenters. The molecular weight excluding hydrogens is 346 g/mol. The van der Waals surface area contributed by atoms with Gasteiger partial charge in [-0.15, -0.1) is 0 Å². The van der Waals surface area contributed by atoms with Gasteiger partial charge in [-0.25, -0.2) is 9.97 Å². The molecular formula is C16H14BrN3O2. The number of carbonyl (C=O) groups excluding carboxylic acids is 1. The second kappa shape index (κ2) is 5.88. The summed E-state index contributed by atoms with van der Waals surface area (Å²) in [6.45, 7) is 4.02. The molecule has 3 aromatic rings. The van der Waals surface area contributed by atoms with Gasteiger partial charge >= 0.3 is 0 Å². The van der Waals surface area contributed by atoms with E-state index in [0.717, 1.165) is 21.1 Å². The summed E-state index contributed by atoms with van der Waals surface area (Å²) in [6, 6.07) is 7.45. The lowest BCUT2D eigenvalue weighted by Gasteiger charge is -2.03. The fraction of sp³-hybridized carbons (Fsp3) is 0.188. The van der Waals surface area contributed by atoms with Crippen LogP contribution in [0.5, 0.6) is 0 Å². The fourth-order valence-corrected chi connectivity index (χ4v) is 2.63. The molecule has 0 aliphatic carbocycles. The van der Waals surface area contributed by atoms with Gasteiger partial charge in [0, 0.05) is 21.6 Å². The van der Waals surface area contributed by atoms with Crippen molar-refractivity contribution in [3.05, 3.63) is 57.8 Å². The Bertz CT molecular complexity index is 858. The van der Waals surface area contributed by atoms with Gasteiger partial charge in [-0.1, -0.05) is 15.9 Å². The highest BCUT2D eigenvalue weighted by molar-refractivity contribution is 9.10. The molecule has 112 valence electrons. The standard InChI is InChI=1S/C16H14BrN3O2/c1-9-13-7-11(17)3-4-14(13)22-15(9)16(21)19-8-12-5-6-18-10(2)20-12/h3-7H,8H2,1-2H3,(H,19,21). The average molecular weight is 360 g/mol. The summed E-state index contributed by atoms with van der Waals surface area (Å²) in [6.07, 6.45) is 1.67. The van der Waals surface area contributed by atoms with Gasteiger partial charge in [0.1, 0.15) is 11.4 Å². The van der Waals surface area contributed by atoms with E-state index in [9.17, 15) is 4.79 Å². The number of fused-ring (bicyclic) bond motifs is 1. The van der Waals surface area contributed by atoms with E-state index in [1.54, 1.807) is 12.3 Å². The molecule has 2 heterocycles. The van der Waals surface area contributed by atoms with Crippen molar-refractivity contribution in [2.24, 2.45) is 0 Å². The van der Waals surface area contributed by atoms with Gasteiger partial charge in [0.15, 0.2) is 5.76 Å². The van der Waals surface area contributed by atoms with E-state index in [0.29, 0.717) is 23.7 Å². The summed E-state index contributed by atoms with van der Waals surface area (Å²) in [4.78, 5) is 20.6. The number of benzene rings is 1. The van der Waals surface area contributed by atoms with Gasteiger partial charge in [-0.3, -0.25) is 4.79 Å². The first-order valence-corrected chi connectivity index (χ1v) is 7.59. The number of amides is 1. The topological polar surface area (TPSA) is 68.0 Å². The van der Waals surface area contributed by atoms with Crippen molar-refractivity contribution in [2.75, 3.05) is 0 Å². The fourth-order valence-electron chi connectivity index (χ4n) is 2.26. The van der Waals surface area contributed by atoms with Crippen molar-refractivity contribution < 1.29 is 9.21 Å². The smallest absolute Gasteiger partial charge is 0.287 e. The second-order valence-electron chi connectivity index (χ2n) is 4.97. The maximum atomic E-state index is 12.3.